The lowest BCUT2D eigenvalue weighted by Gasteiger charge is -2.01. The van der Waals surface area contributed by atoms with Gasteiger partial charge in [-0.1, -0.05) is 18.2 Å². The number of rotatable bonds is 1. The summed E-state index contributed by atoms with van der Waals surface area (Å²) < 4.78 is 23.9. The number of para-hydroxylation sites is 1. The average Bonchev–Trinajstić information content (AvgIpc) is 1.88. The molecular formula is C7H7F2N. The van der Waals surface area contributed by atoms with Gasteiger partial charge in [0.1, 0.15) is 0 Å². The Balaban J connectivity index is 3.03. The first kappa shape index (κ1) is 6.99. The maximum Gasteiger partial charge on any atom is 0.265 e. The van der Waals surface area contributed by atoms with Crippen LogP contribution in [0.25, 0.3) is 0 Å². The summed E-state index contributed by atoms with van der Waals surface area (Å²) in [6, 6.07) is 5.94. The highest BCUT2D eigenvalue weighted by molar-refractivity contribution is 5.46. The van der Waals surface area contributed by atoms with Crippen LogP contribution in [-0.2, 0) is 0 Å². The zero-order valence-electron chi connectivity index (χ0n) is 5.22. The fourth-order valence-electron chi connectivity index (χ4n) is 0.710. The van der Waals surface area contributed by atoms with Gasteiger partial charge in [0, 0.05) is 11.3 Å². The van der Waals surface area contributed by atoms with Crippen molar-refractivity contribution in [1.82, 2.24) is 0 Å². The van der Waals surface area contributed by atoms with E-state index < -0.39 is 6.43 Å². The molecule has 0 radical (unpaired) electrons. The Hall–Kier alpha value is -1.12. The van der Waals surface area contributed by atoms with E-state index in [0.29, 0.717) is 0 Å². The molecule has 54 valence electrons. The first-order chi connectivity index (χ1) is 4.72. The Morgan fingerprint density at radius 2 is 1.80 bits per heavy atom. The molecule has 0 unspecified atom stereocenters. The molecule has 3 heteroatoms. The molecule has 1 aromatic carbocycles. The molecule has 1 nitrogen and oxygen atoms in total. The van der Waals surface area contributed by atoms with Crippen LogP contribution in [0.3, 0.4) is 0 Å². The number of benzene rings is 1. The summed E-state index contributed by atoms with van der Waals surface area (Å²) in [6.07, 6.45) is -2.47. The third kappa shape index (κ3) is 1.23. The van der Waals surface area contributed by atoms with Gasteiger partial charge in [0.05, 0.1) is 0 Å². The summed E-state index contributed by atoms with van der Waals surface area (Å²) in [5, 5.41) is 0. The van der Waals surface area contributed by atoms with E-state index in [1.165, 1.54) is 18.2 Å². The molecule has 1 aromatic rings. The summed E-state index contributed by atoms with van der Waals surface area (Å²) in [6.45, 7) is 0. The van der Waals surface area contributed by atoms with Crippen molar-refractivity contribution in [1.29, 1.82) is 0 Å². The first-order valence-electron chi connectivity index (χ1n) is 2.84. The molecular weight excluding hydrogens is 136 g/mol. The Morgan fingerprint density at radius 3 is 2.20 bits per heavy atom. The second-order valence-electron chi connectivity index (χ2n) is 1.93. The summed E-state index contributed by atoms with van der Waals surface area (Å²) in [5.74, 6) is 0. The van der Waals surface area contributed by atoms with Crippen LogP contribution < -0.4 is 5.73 Å². The Bertz CT molecular complexity index is 223. The van der Waals surface area contributed by atoms with E-state index in [1.807, 2.05) is 0 Å². The molecule has 0 aromatic heterocycles. The van der Waals surface area contributed by atoms with Crippen molar-refractivity contribution in [3.8, 4) is 0 Å². The minimum Gasteiger partial charge on any atom is -0.398 e. The van der Waals surface area contributed by atoms with Crippen LogP contribution in [0.1, 0.15) is 12.0 Å². The maximum atomic E-state index is 11.9. The SMILES string of the molecule is Nc1ccccc1C(F)F. The summed E-state index contributed by atoms with van der Waals surface area (Å²) in [4.78, 5) is 0. The second kappa shape index (κ2) is 2.64. The third-order valence-electron chi connectivity index (χ3n) is 1.23. The minimum atomic E-state index is -2.47. The zero-order chi connectivity index (χ0) is 7.56. The second-order valence-corrected chi connectivity index (χ2v) is 1.93. The topological polar surface area (TPSA) is 26.0 Å². The minimum absolute atomic E-state index is 0.0949. The fraction of sp³-hybridized carbons (Fsp3) is 0.143. The number of hydrogen-bond acceptors (Lipinski definition) is 1. The van der Waals surface area contributed by atoms with Crippen LogP contribution in [0.2, 0.25) is 0 Å². The number of nitrogen functional groups attached to an aromatic ring is 1. The number of hydrogen-bond donors (Lipinski definition) is 1. The van der Waals surface area contributed by atoms with Gasteiger partial charge in [-0.25, -0.2) is 8.78 Å². The van der Waals surface area contributed by atoms with Gasteiger partial charge in [0.15, 0.2) is 0 Å². The van der Waals surface area contributed by atoms with Crippen LogP contribution in [-0.4, -0.2) is 0 Å². The van der Waals surface area contributed by atoms with Gasteiger partial charge in [-0.05, 0) is 6.07 Å². The molecule has 0 atom stereocenters. The number of halogens is 2. The maximum absolute atomic E-state index is 11.9. The van der Waals surface area contributed by atoms with Gasteiger partial charge in [0.25, 0.3) is 6.43 Å². The highest BCUT2D eigenvalue weighted by Crippen LogP contribution is 2.23. The standard InChI is InChI=1S/C7H7F2N/c8-7(9)5-3-1-2-4-6(5)10/h1-4,7H,10H2. The molecule has 0 aliphatic carbocycles. The molecule has 0 heterocycles. The molecule has 0 spiro atoms. The molecule has 0 amide bonds. The molecule has 10 heavy (non-hydrogen) atoms. The van der Waals surface area contributed by atoms with Crippen molar-refractivity contribution < 1.29 is 8.78 Å². The lowest BCUT2D eigenvalue weighted by Crippen LogP contribution is -1.92. The van der Waals surface area contributed by atoms with Crippen molar-refractivity contribution in [3.63, 3.8) is 0 Å². The van der Waals surface area contributed by atoms with Crippen LogP contribution in [0, 0.1) is 0 Å². The quantitative estimate of drug-likeness (QED) is 0.599. The molecule has 0 saturated heterocycles. The number of nitrogens with two attached hydrogens (primary N) is 1. The molecule has 0 aliphatic heterocycles. The highest BCUT2D eigenvalue weighted by Gasteiger charge is 2.08. The predicted octanol–water partition coefficient (Wildman–Crippen LogP) is 2.21. The van der Waals surface area contributed by atoms with E-state index in [-0.39, 0.29) is 11.3 Å². The van der Waals surface area contributed by atoms with Gasteiger partial charge in [0.2, 0.25) is 0 Å². The largest absolute Gasteiger partial charge is 0.398 e. The zero-order valence-corrected chi connectivity index (χ0v) is 5.22. The van der Waals surface area contributed by atoms with Gasteiger partial charge in [-0.15, -0.1) is 0 Å². The van der Waals surface area contributed by atoms with E-state index in [2.05, 4.69) is 0 Å². The van der Waals surface area contributed by atoms with Gasteiger partial charge < -0.3 is 5.73 Å². The van der Waals surface area contributed by atoms with Gasteiger partial charge in [-0.2, -0.15) is 0 Å². The van der Waals surface area contributed by atoms with Crippen LogP contribution in [0.5, 0.6) is 0 Å². The summed E-state index contributed by atoms with van der Waals surface area (Å²) >= 11 is 0. The van der Waals surface area contributed by atoms with Crippen LogP contribution >= 0.6 is 0 Å². The summed E-state index contributed by atoms with van der Waals surface area (Å²) in [5.41, 5.74) is 5.30. The van der Waals surface area contributed by atoms with Crippen LogP contribution in [0.4, 0.5) is 14.5 Å². The molecule has 0 aliphatic rings. The number of anilines is 1. The van der Waals surface area contributed by atoms with E-state index in [9.17, 15) is 8.78 Å². The van der Waals surface area contributed by atoms with Crippen molar-refractivity contribution in [2.75, 3.05) is 5.73 Å². The van der Waals surface area contributed by atoms with E-state index >= 15 is 0 Å². The van der Waals surface area contributed by atoms with E-state index in [4.69, 9.17) is 5.73 Å². The van der Waals surface area contributed by atoms with Gasteiger partial charge >= 0.3 is 0 Å². The fourth-order valence-corrected chi connectivity index (χ4v) is 0.710. The monoisotopic (exact) mass is 143 g/mol. The van der Waals surface area contributed by atoms with Crippen molar-refractivity contribution >= 4 is 5.69 Å². The highest BCUT2D eigenvalue weighted by atomic mass is 19.3. The first-order valence-corrected chi connectivity index (χ1v) is 2.84. The Labute approximate surface area is 57.5 Å². The lowest BCUT2D eigenvalue weighted by atomic mass is 10.2. The Kier molecular flexibility index (Phi) is 1.85. The predicted molar refractivity (Wildman–Crippen MR) is 35.8 cm³/mol. The lowest BCUT2D eigenvalue weighted by molar-refractivity contribution is 0.152. The number of alkyl halides is 2. The van der Waals surface area contributed by atoms with Crippen molar-refractivity contribution in [2.45, 2.75) is 6.43 Å². The third-order valence-corrected chi connectivity index (χ3v) is 1.23. The molecule has 1 rings (SSSR count). The molecule has 0 fully saturated rings. The molecule has 2 N–H and O–H groups in total. The molecule has 0 bridgehead atoms. The van der Waals surface area contributed by atoms with Gasteiger partial charge in [-0.3, -0.25) is 0 Å². The smallest absolute Gasteiger partial charge is 0.265 e. The average molecular weight is 143 g/mol. The molecule has 0 saturated carbocycles. The summed E-state index contributed by atoms with van der Waals surface area (Å²) in [7, 11) is 0. The van der Waals surface area contributed by atoms with Crippen molar-refractivity contribution in [3.05, 3.63) is 29.8 Å². The van der Waals surface area contributed by atoms with Crippen molar-refractivity contribution in [2.24, 2.45) is 0 Å². The van der Waals surface area contributed by atoms with E-state index in [0.717, 1.165) is 0 Å². The Morgan fingerprint density at radius 1 is 1.20 bits per heavy atom. The normalized spacial score (nSPS) is 10.3. The van der Waals surface area contributed by atoms with Crippen LogP contribution in [0.15, 0.2) is 24.3 Å². The van der Waals surface area contributed by atoms with E-state index in [1.54, 1.807) is 6.07 Å².